The van der Waals surface area contributed by atoms with Gasteiger partial charge in [-0.15, -0.1) is 16.3 Å². The van der Waals surface area contributed by atoms with Crippen molar-refractivity contribution in [3.8, 4) is 0 Å². The zero-order valence-corrected chi connectivity index (χ0v) is 29.9. The van der Waals surface area contributed by atoms with Crippen LogP contribution in [0.4, 0.5) is 0 Å². The maximum Gasteiger partial charge on any atom is 3.00 e. The van der Waals surface area contributed by atoms with Crippen LogP contribution >= 0.6 is 23.7 Å². The van der Waals surface area contributed by atoms with Crippen molar-refractivity contribution in [3.05, 3.63) is 182 Å². The summed E-state index contributed by atoms with van der Waals surface area (Å²) in [6.45, 7) is 0. The third-order valence-corrected chi connectivity index (χ3v) is 11.2. The van der Waals surface area contributed by atoms with Crippen LogP contribution < -0.4 is 46.5 Å². The normalized spacial score (nSPS) is 10.5. The molecule has 0 aliphatic rings. The smallest absolute Gasteiger partial charge is 0.822 e. The molecule has 0 spiro atoms. The average Bonchev–Trinajstić information content (AvgIpc) is 3.10. The van der Waals surface area contributed by atoms with Crippen LogP contribution in [0.15, 0.2) is 182 Å². The molecule has 0 aliphatic carbocycles. The zero-order chi connectivity index (χ0) is 30.3. The van der Waals surface area contributed by atoms with Gasteiger partial charge in [0.2, 0.25) is 0 Å². The quantitative estimate of drug-likeness (QED) is 0.245. The van der Waals surface area contributed by atoms with Crippen molar-refractivity contribution in [2.24, 2.45) is 0 Å². The van der Waals surface area contributed by atoms with Gasteiger partial charge in [-0.1, -0.05) is 182 Å². The van der Waals surface area contributed by atoms with Crippen molar-refractivity contribution < 1.29 is 19.2 Å². The van der Waals surface area contributed by atoms with Crippen LogP contribution in [0.3, 0.4) is 0 Å². The minimum atomic E-state index is -3.65. The van der Waals surface area contributed by atoms with Gasteiger partial charge in [0.15, 0.2) is 0 Å². The number of hydrogen-bond acceptors (Lipinski definition) is 4. The molecule has 0 radical (unpaired) electrons. The molecule has 0 fully saturated rings. The Kier molecular flexibility index (Phi) is 15.3. The molecular formula is C36H30InO4P3. The Morgan fingerprint density at radius 1 is 0.364 bits per heavy atom. The Morgan fingerprint density at radius 3 is 0.750 bits per heavy atom. The summed E-state index contributed by atoms with van der Waals surface area (Å²) in [6, 6.07) is 55.1. The molecule has 6 rings (SSSR count). The fourth-order valence-corrected chi connectivity index (χ4v) is 7.74. The van der Waals surface area contributed by atoms with Crippen LogP contribution in [0, 0.1) is 0 Å². The predicted molar refractivity (Wildman–Crippen MR) is 184 cm³/mol. The largest absolute Gasteiger partial charge is 3.00 e. The van der Waals surface area contributed by atoms with Crippen molar-refractivity contribution >= 4 is 81.3 Å². The van der Waals surface area contributed by atoms with Gasteiger partial charge in [0.05, 0.1) is 7.37 Å². The van der Waals surface area contributed by atoms with Crippen LogP contribution in [0.1, 0.15) is 0 Å². The zero-order valence-electron chi connectivity index (χ0n) is 23.9. The molecule has 0 aromatic heterocycles. The van der Waals surface area contributed by atoms with E-state index in [9.17, 15) is 19.2 Å². The summed E-state index contributed by atoms with van der Waals surface area (Å²) >= 11 is 0. The summed E-state index contributed by atoms with van der Waals surface area (Å²) < 4.78 is 12.1. The van der Waals surface area contributed by atoms with Gasteiger partial charge in [-0.25, -0.2) is 0 Å². The molecule has 8 heteroatoms. The standard InChI is InChI=1S/C12H11O2P.2C12H10OP.In/c13-15(14,11-7-3-1-4-8-11)12-9-5-2-6-10-12;2*13-14(11-7-3-1-4-8-11)12-9-5-2-6-10-12;/h1-10H,(H,13,14);2*1-10H;/q;2*-1;+3/p-1. The van der Waals surface area contributed by atoms with E-state index in [1.54, 1.807) is 60.7 Å². The van der Waals surface area contributed by atoms with E-state index >= 15 is 0 Å². The van der Waals surface area contributed by atoms with Crippen LogP contribution in [0.25, 0.3) is 0 Å². The first kappa shape index (κ1) is 35.6. The molecule has 216 valence electrons. The van der Waals surface area contributed by atoms with Gasteiger partial charge < -0.3 is 19.2 Å². The van der Waals surface area contributed by atoms with Crippen LogP contribution in [0.2, 0.25) is 0 Å². The second kappa shape index (κ2) is 18.8. The van der Waals surface area contributed by atoms with Gasteiger partial charge in [0.1, 0.15) is 0 Å². The van der Waals surface area contributed by atoms with Crippen molar-refractivity contribution in [3.63, 3.8) is 0 Å². The molecule has 0 heterocycles. The minimum Gasteiger partial charge on any atom is -0.822 e. The molecule has 6 aromatic carbocycles. The van der Waals surface area contributed by atoms with Gasteiger partial charge in [0.25, 0.3) is 0 Å². The van der Waals surface area contributed by atoms with Gasteiger partial charge in [-0.2, -0.15) is 0 Å². The summed E-state index contributed by atoms with van der Waals surface area (Å²) in [5.41, 5.74) is 0. The summed E-state index contributed by atoms with van der Waals surface area (Å²) in [4.78, 5) is 36.1. The summed E-state index contributed by atoms with van der Waals surface area (Å²) in [5.74, 6) is 0. The molecule has 0 N–H and O–H groups in total. The monoisotopic (exact) mass is 734 g/mol. The van der Waals surface area contributed by atoms with E-state index in [0.29, 0.717) is 10.6 Å². The molecule has 0 bridgehead atoms. The molecule has 0 saturated heterocycles. The van der Waals surface area contributed by atoms with Crippen LogP contribution in [-0.2, 0) is 4.57 Å². The summed E-state index contributed by atoms with van der Waals surface area (Å²) in [5, 5.41) is 4.25. The van der Waals surface area contributed by atoms with E-state index in [1.807, 2.05) is 121 Å². The third kappa shape index (κ3) is 10.7. The van der Waals surface area contributed by atoms with Crippen molar-refractivity contribution in [1.29, 1.82) is 0 Å². The van der Waals surface area contributed by atoms with Gasteiger partial charge in [0, 0.05) is 10.6 Å². The van der Waals surface area contributed by atoms with E-state index in [2.05, 4.69) is 0 Å². The van der Waals surface area contributed by atoms with Crippen molar-refractivity contribution in [1.82, 2.24) is 0 Å². The van der Waals surface area contributed by atoms with Crippen LogP contribution in [-0.4, -0.2) is 25.8 Å². The Hall–Kier alpha value is -2.84. The van der Waals surface area contributed by atoms with E-state index < -0.39 is 23.7 Å². The molecule has 6 aromatic rings. The molecule has 0 aliphatic heterocycles. The van der Waals surface area contributed by atoms with Crippen molar-refractivity contribution in [2.45, 2.75) is 0 Å². The van der Waals surface area contributed by atoms with Gasteiger partial charge in [-0.3, -0.25) is 0 Å². The summed E-state index contributed by atoms with van der Waals surface area (Å²) in [6.07, 6.45) is 0. The number of rotatable bonds is 6. The second-order valence-electron chi connectivity index (χ2n) is 9.15. The van der Waals surface area contributed by atoms with E-state index in [0.717, 1.165) is 21.2 Å². The molecule has 0 atom stereocenters. The van der Waals surface area contributed by atoms with Gasteiger partial charge in [-0.05, 0) is 21.2 Å². The Morgan fingerprint density at radius 2 is 0.545 bits per heavy atom. The second-order valence-corrected chi connectivity index (χ2v) is 14.5. The van der Waals surface area contributed by atoms with E-state index in [1.165, 1.54) is 0 Å². The molecule has 0 saturated carbocycles. The maximum absolute atomic E-state index is 12.1. The fraction of sp³-hybridized carbons (Fsp3) is 0. The topological polar surface area (TPSA) is 86.2 Å². The van der Waals surface area contributed by atoms with Gasteiger partial charge >= 0.3 is 25.8 Å². The Bertz CT molecular complexity index is 1460. The van der Waals surface area contributed by atoms with E-state index in [4.69, 9.17) is 0 Å². The third-order valence-electron chi connectivity index (χ3n) is 6.16. The predicted octanol–water partition coefficient (Wildman–Crippen LogP) is 3.68. The van der Waals surface area contributed by atoms with E-state index in [-0.39, 0.29) is 25.8 Å². The number of hydrogen-bond donors (Lipinski definition) is 0. The molecule has 0 amide bonds. The Balaban J connectivity index is 0.000000178. The molecule has 0 unspecified atom stereocenters. The minimum absolute atomic E-state index is 0. The fourth-order valence-electron chi connectivity index (χ4n) is 3.95. The first-order valence-corrected chi connectivity index (χ1v) is 17.7. The average molecular weight is 734 g/mol. The first-order valence-electron chi connectivity index (χ1n) is 13.5. The van der Waals surface area contributed by atoms with Crippen LogP contribution in [0.5, 0.6) is 0 Å². The first-order chi connectivity index (χ1) is 21.0. The molecule has 44 heavy (non-hydrogen) atoms. The van der Waals surface area contributed by atoms with Crippen molar-refractivity contribution in [2.75, 3.05) is 0 Å². The molecular weight excluding hydrogens is 704 g/mol. The summed E-state index contributed by atoms with van der Waals surface area (Å²) in [7, 11) is -6.49. The Labute approximate surface area is 281 Å². The number of benzene rings is 6. The molecule has 4 nitrogen and oxygen atoms in total. The SMILES string of the molecule is O=P([O-])(c1ccccc1)c1ccccc1.[In+3].[O-]P(c1ccccc1)c1ccccc1.[O-]P(c1ccccc1)c1ccccc1. The maximum atomic E-state index is 12.1.